The van der Waals surface area contributed by atoms with Crippen molar-refractivity contribution < 1.29 is 14.3 Å². The van der Waals surface area contributed by atoms with Gasteiger partial charge in [-0.15, -0.1) is 0 Å². The Bertz CT molecular complexity index is 1140. The van der Waals surface area contributed by atoms with E-state index in [0.29, 0.717) is 34.9 Å². The number of Topliss-reactive ketones (excluding diaryl/α,β-unsaturated/α-hetero) is 1. The summed E-state index contributed by atoms with van der Waals surface area (Å²) in [6, 6.07) is 12.6. The number of anilines is 1. The van der Waals surface area contributed by atoms with Crippen LogP contribution in [-0.4, -0.2) is 18.9 Å². The molecule has 1 aliphatic heterocycles. The summed E-state index contributed by atoms with van der Waals surface area (Å²) in [7, 11) is 1.31. The number of esters is 1. The number of nitrogens with two attached hydrogens (primary N) is 1. The summed E-state index contributed by atoms with van der Waals surface area (Å²) in [5.74, 6) is -0.958. The van der Waals surface area contributed by atoms with E-state index in [1.54, 1.807) is 23.1 Å². The van der Waals surface area contributed by atoms with E-state index in [2.05, 4.69) is 0 Å². The number of nitrogens with zero attached hydrogens (tertiary/aromatic N) is 1. The Morgan fingerprint density at radius 3 is 2.52 bits per heavy atom. The molecule has 2 aliphatic rings. The van der Waals surface area contributed by atoms with Gasteiger partial charge in [-0.2, -0.15) is 0 Å². The smallest absolute Gasteiger partial charge is 0.338 e. The average molecular weight is 457 g/mol. The van der Waals surface area contributed by atoms with Crippen LogP contribution in [0.2, 0.25) is 10.0 Å². The first kappa shape index (κ1) is 21.5. The van der Waals surface area contributed by atoms with Crippen LogP contribution in [0.25, 0.3) is 0 Å². The van der Waals surface area contributed by atoms with Crippen LogP contribution in [0, 0.1) is 6.92 Å². The van der Waals surface area contributed by atoms with E-state index in [-0.39, 0.29) is 17.2 Å². The van der Waals surface area contributed by atoms with E-state index in [9.17, 15) is 9.59 Å². The first-order chi connectivity index (χ1) is 14.8. The highest BCUT2D eigenvalue weighted by Crippen LogP contribution is 2.47. The molecule has 1 heterocycles. The SMILES string of the molecule is COC(=O)C1=C(N)N(c2cccc(Cl)c2C)C2=C(C(=O)CCC2)C1c1ccc(Cl)cc1. The quantitative estimate of drug-likeness (QED) is 0.637. The van der Waals surface area contributed by atoms with Gasteiger partial charge in [0.25, 0.3) is 0 Å². The number of halogens is 2. The Balaban J connectivity index is 2.03. The highest BCUT2D eigenvalue weighted by atomic mass is 35.5. The number of ketones is 1. The monoisotopic (exact) mass is 456 g/mol. The summed E-state index contributed by atoms with van der Waals surface area (Å²) < 4.78 is 5.10. The fraction of sp³-hybridized carbons (Fsp3) is 0.250. The van der Waals surface area contributed by atoms with Crippen LogP contribution in [0.1, 0.15) is 36.3 Å². The lowest BCUT2D eigenvalue weighted by Gasteiger charge is -2.41. The standard InChI is InChI=1S/C24H22Cl2N2O3/c1-13-16(26)5-3-6-17(13)28-18-7-4-8-19(29)21(18)20(14-9-11-15(25)12-10-14)22(23(28)27)24(30)31-2/h3,5-6,9-12,20H,4,7-8,27H2,1-2H3. The summed E-state index contributed by atoms with van der Waals surface area (Å²) in [4.78, 5) is 28.0. The van der Waals surface area contributed by atoms with Crippen molar-refractivity contribution in [3.05, 3.63) is 86.3 Å². The molecule has 1 atom stereocenters. The Labute approximate surface area is 191 Å². The van der Waals surface area contributed by atoms with Crippen LogP contribution in [0.5, 0.6) is 0 Å². The van der Waals surface area contributed by atoms with Gasteiger partial charge in [0.05, 0.1) is 24.3 Å². The first-order valence-corrected chi connectivity index (χ1v) is 10.8. The highest BCUT2D eigenvalue weighted by Gasteiger charge is 2.43. The van der Waals surface area contributed by atoms with Gasteiger partial charge in [-0.05, 0) is 55.2 Å². The largest absolute Gasteiger partial charge is 0.466 e. The number of hydrogen-bond donors (Lipinski definition) is 1. The molecule has 0 amide bonds. The summed E-state index contributed by atoms with van der Waals surface area (Å²) >= 11 is 12.5. The van der Waals surface area contributed by atoms with Gasteiger partial charge in [0.15, 0.2) is 5.78 Å². The molecule has 5 nitrogen and oxygen atoms in total. The summed E-state index contributed by atoms with van der Waals surface area (Å²) in [5.41, 5.74) is 10.6. The third-order valence-electron chi connectivity index (χ3n) is 5.88. The molecule has 2 aromatic rings. The average Bonchev–Trinajstić information content (AvgIpc) is 2.76. The number of hydrogen-bond acceptors (Lipinski definition) is 5. The van der Waals surface area contributed by atoms with E-state index < -0.39 is 11.9 Å². The van der Waals surface area contributed by atoms with Crippen LogP contribution in [-0.2, 0) is 14.3 Å². The Hall–Kier alpha value is -2.76. The third kappa shape index (κ3) is 3.62. The van der Waals surface area contributed by atoms with Crippen LogP contribution in [0.4, 0.5) is 5.69 Å². The molecule has 0 radical (unpaired) electrons. The second-order valence-corrected chi connectivity index (χ2v) is 8.48. The molecule has 0 aromatic heterocycles. The molecule has 0 saturated carbocycles. The zero-order valence-electron chi connectivity index (χ0n) is 17.2. The van der Waals surface area contributed by atoms with Gasteiger partial charge in [0.2, 0.25) is 0 Å². The molecule has 0 fully saturated rings. The van der Waals surface area contributed by atoms with Crippen molar-refractivity contribution in [3.8, 4) is 0 Å². The van der Waals surface area contributed by atoms with Crippen molar-refractivity contribution >= 4 is 40.6 Å². The number of allylic oxidation sites excluding steroid dienone is 2. The molecule has 1 aliphatic carbocycles. The van der Waals surface area contributed by atoms with Crippen LogP contribution in [0.15, 0.2) is 65.1 Å². The van der Waals surface area contributed by atoms with E-state index in [1.807, 2.05) is 31.2 Å². The Kier molecular flexibility index (Phi) is 5.82. The van der Waals surface area contributed by atoms with Gasteiger partial charge < -0.3 is 10.5 Å². The lowest BCUT2D eigenvalue weighted by atomic mass is 9.75. The number of benzene rings is 2. The summed E-state index contributed by atoms with van der Waals surface area (Å²) in [6.45, 7) is 1.89. The first-order valence-electron chi connectivity index (χ1n) is 10.00. The molecule has 0 bridgehead atoms. The van der Waals surface area contributed by atoms with Gasteiger partial charge in [-0.25, -0.2) is 4.79 Å². The van der Waals surface area contributed by atoms with Crippen molar-refractivity contribution in [3.63, 3.8) is 0 Å². The Morgan fingerprint density at radius 1 is 1.13 bits per heavy atom. The fourth-order valence-electron chi connectivity index (χ4n) is 4.40. The Morgan fingerprint density at radius 2 is 1.84 bits per heavy atom. The second kappa shape index (κ2) is 8.40. The molecule has 0 spiro atoms. The molecule has 7 heteroatoms. The predicted octanol–water partition coefficient (Wildman–Crippen LogP) is 5.26. The predicted molar refractivity (Wildman–Crippen MR) is 122 cm³/mol. The van der Waals surface area contributed by atoms with Gasteiger partial charge >= 0.3 is 5.97 Å². The maximum absolute atomic E-state index is 13.2. The zero-order chi connectivity index (χ0) is 22.3. The van der Waals surface area contributed by atoms with Crippen LogP contribution >= 0.6 is 23.2 Å². The number of ether oxygens (including phenoxy) is 1. The van der Waals surface area contributed by atoms with E-state index in [0.717, 1.165) is 22.5 Å². The maximum Gasteiger partial charge on any atom is 0.338 e. The zero-order valence-corrected chi connectivity index (χ0v) is 18.8. The maximum atomic E-state index is 13.2. The molecule has 2 aromatic carbocycles. The second-order valence-electron chi connectivity index (χ2n) is 7.63. The summed E-state index contributed by atoms with van der Waals surface area (Å²) in [5, 5.41) is 1.14. The lowest BCUT2D eigenvalue weighted by molar-refractivity contribution is -0.136. The molecular formula is C24H22Cl2N2O3. The number of carbonyl (C=O) groups excluding carboxylic acids is 2. The summed E-state index contributed by atoms with van der Waals surface area (Å²) in [6.07, 6.45) is 1.79. The van der Waals surface area contributed by atoms with Gasteiger partial charge in [0, 0.05) is 27.7 Å². The van der Waals surface area contributed by atoms with Gasteiger partial charge in [-0.1, -0.05) is 41.4 Å². The molecule has 31 heavy (non-hydrogen) atoms. The highest BCUT2D eigenvalue weighted by molar-refractivity contribution is 6.31. The molecular weight excluding hydrogens is 435 g/mol. The minimum Gasteiger partial charge on any atom is -0.466 e. The molecule has 1 unspecified atom stereocenters. The van der Waals surface area contributed by atoms with E-state index in [1.165, 1.54) is 7.11 Å². The van der Waals surface area contributed by atoms with Crippen molar-refractivity contribution in [2.75, 3.05) is 12.0 Å². The lowest BCUT2D eigenvalue weighted by Crippen LogP contribution is -2.41. The third-order valence-corrected chi connectivity index (χ3v) is 6.54. The normalized spacial score (nSPS) is 18.9. The molecule has 160 valence electrons. The van der Waals surface area contributed by atoms with Crippen molar-refractivity contribution in [1.29, 1.82) is 0 Å². The topological polar surface area (TPSA) is 72.6 Å². The molecule has 0 saturated heterocycles. The number of rotatable bonds is 3. The van der Waals surface area contributed by atoms with Crippen molar-refractivity contribution in [2.24, 2.45) is 5.73 Å². The van der Waals surface area contributed by atoms with Crippen molar-refractivity contribution in [2.45, 2.75) is 32.1 Å². The van der Waals surface area contributed by atoms with Crippen LogP contribution in [0.3, 0.4) is 0 Å². The van der Waals surface area contributed by atoms with Gasteiger partial charge in [0.1, 0.15) is 5.82 Å². The van der Waals surface area contributed by atoms with E-state index >= 15 is 0 Å². The molecule has 2 N–H and O–H groups in total. The number of carbonyl (C=O) groups is 2. The minimum atomic E-state index is -0.622. The van der Waals surface area contributed by atoms with E-state index in [4.69, 9.17) is 33.7 Å². The van der Waals surface area contributed by atoms with Crippen molar-refractivity contribution in [1.82, 2.24) is 0 Å². The fourth-order valence-corrected chi connectivity index (χ4v) is 4.69. The van der Waals surface area contributed by atoms with Crippen LogP contribution < -0.4 is 10.6 Å². The number of methoxy groups -OCH3 is 1. The molecule has 4 rings (SSSR count). The van der Waals surface area contributed by atoms with Gasteiger partial charge in [-0.3, -0.25) is 9.69 Å². The minimum absolute atomic E-state index is 0.000200.